The van der Waals surface area contributed by atoms with Gasteiger partial charge in [-0.2, -0.15) is 0 Å². The van der Waals surface area contributed by atoms with Gasteiger partial charge in [-0.3, -0.25) is 0 Å². The Kier molecular flexibility index (Phi) is 6.83. The van der Waals surface area contributed by atoms with E-state index in [1.54, 1.807) is 0 Å². The van der Waals surface area contributed by atoms with Gasteiger partial charge >= 0.3 is 0 Å². The Hall–Kier alpha value is -0.920. The van der Waals surface area contributed by atoms with Gasteiger partial charge in [-0.05, 0) is 22.4 Å². The number of ether oxygens (including phenoxy) is 1. The number of hydrogen-bond donors (Lipinski definition) is 3. The summed E-state index contributed by atoms with van der Waals surface area (Å²) in [5.41, 5.74) is 2.48. The van der Waals surface area contributed by atoms with Crippen molar-refractivity contribution >= 4 is 27.6 Å². The molecule has 1 aromatic heterocycles. The number of nitrogens with zero attached hydrogens (tertiary/aromatic N) is 2. The smallest absolute Gasteiger partial charge is 0.159 e. The van der Waals surface area contributed by atoms with Crippen LogP contribution in [0.2, 0.25) is 0 Å². The molecule has 0 aliphatic carbocycles. The van der Waals surface area contributed by atoms with Gasteiger partial charge in [-0.25, -0.2) is 15.8 Å². The van der Waals surface area contributed by atoms with Crippen molar-refractivity contribution in [2.24, 2.45) is 5.84 Å². The van der Waals surface area contributed by atoms with Crippen LogP contribution < -0.4 is 16.6 Å². The number of nitrogens with two attached hydrogens (primary N) is 1. The van der Waals surface area contributed by atoms with E-state index in [0.717, 1.165) is 23.9 Å². The minimum absolute atomic E-state index is 0.550. The molecule has 0 spiro atoms. The Morgan fingerprint density at radius 1 is 1.35 bits per heavy atom. The summed E-state index contributed by atoms with van der Waals surface area (Å²) in [6, 6.07) is 0. The fraction of sp³-hybridized carbons (Fsp3) is 0.600. The molecule has 1 aromatic rings. The Morgan fingerprint density at radius 3 is 2.82 bits per heavy atom. The van der Waals surface area contributed by atoms with Crippen LogP contribution >= 0.6 is 15.9 Å². The lowest BCUT2D eigenvalue weighted by atomic mass is 10.4. The first-order chi connectivity index (χ1) is 8.29. The van der Waals surface area contributed by atoms with Crippen LogP contribution in [0.15, 0.2) is 10.8 Å². The van der Waals surface area contributed by atoms with E-state index in [0.29, 0.717) is 24.8 Å². The molecule has 7 heteroatoms. The lowest BCUT2D eigenvalue weighted by Gasteiger charge is -2.09. The number of nitrogen functional groups attached to an aromatic ring is 1. The number of anilines is 2. The van der Waals surface area contributed by atoms with E-state index in [2.05, 4.69) is 43.6 Å². The van der Waals surface area contributed by atoms with Crippen LogP contribution in [0.3, 0.4) is 0 Å². The van der Waals surface area contributed by atoms with Crippen LogP contribution in [-0.4, -0.2) is 29.7 Å². The Labute approximate surface area is 109 Å². The first-order valence-electron chi connectivity index (χ1n) is 5.58. The second-order valence-corrected chi connectivity index (χ2v) is 4.21. The van der Waals surface area contributed by atoms with Gasteiger partial charge in [0.1, 0.15) is 16.6 Å². The molecule has 0 saturated heterocycles. The second kappa shape index (κ2) is 8.21. The fourth-order valence-electron chi connectivity index (χ4n) is 1.18. The molecule has 0 aromatic carbocycles. The summed E-state index contributed by atoms with van der Waals surface area (Å²) < 4.78 is 6.15. The molecule has 0 aliphatic rings. The maximum Gasteiger partial charge on any atom is 0.159 e. The quantitative estimate of drug-likeness (QED) is 0.385. The summed E-state index contributed by atoms with van der Waals surface area (Å²) in [6.07, 6.45) is 3.69. The van der Waals surface area contributed by atoms with Gasteiger partial charge in [0.05, 0.1) is 6.61 Å². The largest absolute Gasteiger partial charge is 0.380 e. The molecule has 0 amide bonds. The molecule has 0 saturated carbocycles. The first-order valence-corrected chi connectivity index (χ1v) is 6.37. The van der Waals surface area contributed by atoms with Crippen molar-refractivity contribution in [1.29, 1.82) is 0 Å². The second-order valence-electron chi connectivity index (χ2n) is 3.42. The van der Waals surface area contributed by atoms with Crippen LogP contribution in [0, 0.1) is 0 Å². The van der Waals surface area contributed by atoms with Crippen molar-refractivity contribution in [3.8, 4) is 0 Å². The standard InChI is InChI=1S/C10H18BrN5O/c1-2-3-5-17-6-4-13-9-8(11)10(16-12)15-7-14-9/h7H,2-6,12H2,1H3,(H2,13,14,15,16). The third kappa shape index (κ3) is 4.84. The lowest BCUT2D eigenvalue weighted by Crippen LogP contribution is -2.14. The highest BCUT2D eigenvalue weighted by atomic mass is 79.9. The van der Waals surface area contributed by atoms with Crippen molar-refractivity contribution in [3.05, 3.63) is 10.8 Å². The normalized spacial score (nSPS) is 10.3. The van der Waals surface area contributed by atoms with E-state index in [4.69, 9.17) is 10.6 Å². The van der Waals surface area contributed by atoms with E-state index in [1.807, 2.05) is 0 Å². The number of rotatable bonds is 8. The molecule has 0 unspecified atom stereocenters. The monoisotopic (exact) mass is 303 g/mol. The molecule has 0 atom stereocenters. The first kappa shape index (κ1) is 14.1. The van der Waals surface area contributed by atoms with Gasteiger partial charge in [-0.15, -0.1) is 0 Å². The zero-order valence-electron chi connectivity index (χ0n) is 9.87. The van der Waals surface area contributed by atoms with Crippen molar-refractivity contribution in [3.63, 3.8) is 0 Å². The summed E-state index contributed by atoms with van der Waals surface area (Å²) in [7, 11) is 0. The van der Waals surface area contributed by atoms with Crippen molar-refractivity contribution < 1.29 is 4.74 Å². The summed E-state index contributed by atoms with van der Waals surface area (Å²) in [6.45, 7) is 4.30. The molecule has 96 valence electrons. The minimum Gasteiger partial charge on any atom is -0.380 e. The summed E-state index contributed by atoms with van der Waals surface area (Å²) in [4.78, 5) is 8.06. The number of halogens is 1. The van der Waals surface area contributed by atoms with Crippen LogP contribution in [0.4, 0.5) is 11.6 Å². The number of hydrogen-bond acceptors (Lipinski definition) is 6. The summed E-state index contributed by atoms with van der Waals surface area (Å²) in [5.74, 6) is 6.56. The Bertz CT molecular complexity index is 336. The van der Waals surface area contributed by atoms with E-state index >= 15 is 0 Å². The molecule has 17 heavy (non-hydrogen) atoms. The molecular formula is C10H18BrN5O. The average molecular weight is 304 g/mol. The topological polar surface area (TPSA) is 85.1 Å². The van der Waals surface area contributed by atoms with Crippen molar-refractivity contribution in [2.45, 2.75) is 19.8 Å². The van der Waals surface area contributed by atoms with Gasteiger partial charge in [0.25, 0.3) is 0 Å². The molecule has 1 heterocycles. The third-order valence-electron chi connectivity index (χ3n) is 2.11. The number of unbranched alkanes of at least 4 members (excludes halogenated alkanes) is 1. The minimum atomic E-state index is 0.550. The molecule has 0 aliphatic heterocycles. The highest BCUT2D eigenvalue weighted by Crippen LogP contribution is 2.25. The Morgan fingerprint density at radius 2 is 2.12 bits per heavy atom. The van der Waals surface area contributed by atoms with Gasteiger partial charge < -0.3 is 15.5 Å². The van der Waals surface area contributed by atoms with Crippen molar-refractivity contribution in [1.82, 2.24) is 9.97 Å². The Balaban J connectivity index is 2.31. The van der Waals surface area contributed by atoms with Crippen LogP contribution in [0.25, 0.3) is 0 Å². The SMILES string of the molecule is CCCCOCCNc1ncnc(NN)c1Br. The molecule has 6 nitrogen and oxygen atoms in total. The van der Waals surface area contributed by atoms with Crippen LogP contribution in [0.5, 0.6) is 0 Å². The third-order valence-corrected chi connectivity index (χ3v) is 2.86. The molecule has 0 bridgehead atoms. The van der Waals surface area contributed by atoms with E-state index < -0.39 is 0 Å². The maximum atomic E-state index is 5.43. The predicted octanol–water partition coefficient (Wildman–Crippen LogP) is 1.75. The predicted molar refractivity (Wildman–Crippen MR) is 71.8 cm³/mol. The summed E-state index contributed by atoms with van der Waals surface area (Å²) in [5, 5.41) is 3.15. The summed E-state index contributed by atoms with van der Waals surface area (Å²) >= 11 is 3.36. The van der Waals surface area contributed by atoms with Gasteiger partial charge in [-0.1, -0.05) is 13.3 Å². The molecule has 0 radical (unpaired) electrons. The van der Waals surface area contributed by atoms with Gasteiger partial charge in [0.15, 0.2) is 5.82 Å². The maximum absolute atomic E-state index is 5.43. The van der Waals surface area contributed by atoms with E-state index in [-0.39, 0.29) is 0 Å². The van der Waals surface area contributed by atoms with Gasteiger partial charge in [0.2, 0.25) is 0 Å². The average Bonchev–Trinajstić information content (AvgIpc) is 2.35. The van der Waals surface area contributed by atoms with Crippen molar-refractivity contribution in [2.75, 3.05) is 30.5 Å². The fourth-order valence-corrected chi connectivity index (χ4v) is 1.64. The zero-order chi connectivity index (χ0) is 12.5. The molecule has 4 N–H and O–H groups in total. The molecule has 1 rings (SSSR count). The van der Waals surface area contributed by atoms with E-state index in [9.17, 15) is 0 Å². The molecular weight excluding hydrogens is 286 g/mol. The highest BCUT2D eigenvalue weighted by molar-refractivity contribution is 9.10. The molecule has 0 fully saturated rings. The zero-order valence-corrected chi connectivity index (χ0v) is 11.5. The number of nitrogens with one attached hydrogen (secondary N) is 2. The number of aromatic nitrogens is 2. The van der Waals surface area contributed by atoms with Crippen LogP contribution in [0.1, 0.15) is 19.8 Å². The number of hydrazine groups is 1. The van der Waals surface area contributed by atoms with Crippen LogP contribution in [-0.2, 0) is 4.74 Å². The lowest BCUT2D eigenvalue weighted by molar-refractivity contribution is 0.141. The highest BCUT2D eigenvalue weighted by Gasteiger charge is 2.06. The van der Waals surface area contributed by atoms with Gasteiger partial charge in [0, 0.05) is 13.2 Å². The van der Waals surface area contributed by atoms with E-state index in [1.165, 1.54) is 6.33 Å².